The van der Waals surface area contributed by atoms with Gasteiger partial charge in [0.05, 0.1) is 45.2 Å². The number of ether oxygens (including phenoxy) is 4. The van der Waals surface area contributed by atoms with Crippen LogP contribution in [0.25, 0.3) is 0 Å². The smallest absolute Gasteiger partial charge is 0.132 e. The molecule has 0 aromatic rings. The molecule has 0 heterocycles. The standard InChI is InChI=1S/C19H36O5/c1-16(2)8-11-23-18-4-6-19(7-5-18)24-15-14-22-13-12-21-10-9-17(3)20/h16,18-19H,4-15H2,1-3H3. The zero-order chi connectivity index (χ0) is 17.6. The van der Waals surface area contributed by atoms with Gasteiger partial charge in [0, 0.05) is 13.0 Å². The Bertz CT molecular complexity index is 311. The quantitative estimate of drug-likeness (QED) is 0.452. The van der Waals surface area contributed by atoms with Crippen LogP contribution in [0.2, 0.25) is 0 Å². The second-order valence-electron chi connectivity index (χ2n) is 7.00. The number of carbonyl (C=O) groups is 1. The van der Waals surface area contributed by atoms with Gasteiger partial charge in [-0.05, 0) is 44.9 Å². The van der Waals surface area contributed by atoms with Crippen LogP contribution in [0.3, 0.4) is 0 Å². The average Bonchev–Trinajstić information content (AvgIpc) is 2.54. The highest BCUT2D eigenvalue weighted by molar-refractivity contribution is 5.75. The zero-order valence-electron chi connectivity index (χ0n) is 15.8. The topological polar surface area (TPSA) is 54.0 Å². The molecule has 1 saturated carbocycles. The Hall–Kier alpha value is -0.490. The lowest BCUT2D eigenvalue weighted by molar-refractivity contribution is -0.118. The van der Waals surface area contributed by atoms with Gasteiger partial charge in [0.25, 0.3) is 0 Å². The van der Waals surface area contributed by atoms with E-state index in [1.165, 1.54) is 0 Å². The molecule has 0 amide bonds. The van der Waals surface area contributed by atoms with Crippen LogP contribution in [0.5, 0.6) is 0 Å². The summed E-state index contributed by atoms with van der Waals surface area (Å²) >= 11 is 0. The molecule has 24 heavy (non-hydrogen) atoms. The highest BCUT2D eigenvalue weighted by Crippen LogP contribution is 2.23. The Morgan fingerprint density at radius 2 is 1.33 bits per heavy atom. The predicted molar refractivity (Wildman–Crippen MR) is 94.3 cm³/mol. The van der Waals surface area contributed by atoms with Gasteiger partial charge < -0.3 is 18.9 Å². The molecule has 5 nitrogen and oxygen atoms in total. The first-order valence-corrected chi connectivity index (χ1v) is 9.46. The van der Waals surface area contributed by atoms with Crippen molar-refractivity contribution >= 4 is 5.78 Å². The highest BCUT2D eigenvalue weighted by Gasteiger charge is 2.21. The first-order chi connectivity index (χ1) is 11.6. The molecule has 0 saturated heterocycles. The summed E-state index contributed by atoms with van der Waals surface area (Å²) in [5.74, 6) is 0.869. The molecule has 142 valence electrons. The van der Waals surface area contributed by atoms with Gasteiger partial charge in [0.1, 0.15) is 5.78 Å². The van der Waals surface area contributed by atoms with Crippen molar-refractivity contribution in [1.29, 1.82) is 0 Å². The van der Waals surface area contributed by atoms with Gasteiger partial charge in [-0.2, -0.15) is 0 Å². The maximum atomic E-state index is 10.7. The van der Waals surface area contributed by atoms with Crippen LogP contribution in [0.4, 0.5) is 0 Å². The van der Waals surface area contributed by atoms with E-state index in [2.05, 4.69) is 13.8 Å². The Kier molecular flexibility index (Phi) is 12.4. The molecule has 0 N–H and O–H groups in total. The van der Waals surface area contributed by atoms with Crippen LogP contribution in [0.1, 0.15) is 59.3 Å². The minimum Gasteiger partial charge on any atom is -0.379 e. The monoisotopic (exact) mass is 344 g/mol. The van der Waals surface area contributed by atoms with Crippen molar-refractivity contribution in [2.45, 2.75) is 71.5 Å². The van der Waals surface area contributed by atoms with Crippen LogP contribution < -0.4 is 0 Å². The van der Waals surface area contributed by atoms with Gasteiger partial charge in [-0.1, -0.05) is 13.8 Å². The lowest BCUT2D eigenvalue weighted by Gasteiger charge is -2.28. The van der Waals surface area contributed by atoms with E-state index >= 15 is 0 Å². The summed E-state index contributed by atoms with van der Waals surface area (Å²) < 4.78 is 22.6. The molecule has 1 rings (SSSR count). The Balaban J connectivity index is 1.87. The largest absolute Gasteiger partial charge is 0.379 e. The maximum absolute atomic E-state index is 10.7. The summed E-state index contributed by atoms with van der Waals surface area (Å²) in [5.41, 5.74) is 0. The van der Waals surface area contributed by atoms with Gasteiger partial charge >= 0.3 is 0 Å². The lowest BCUT2D eigenvalue weighted by Crippen LogP contribution is -2.28. The van der Waals surface area contributed by atoms with E-state index in [0.717, 1.165) is 38.7 Å². The van der Waals surface area contributed by atoms with E-state index in [1.807, 2.05) is 0 Å². The SMILES string of the molecule is CC(=O)CCOCCOCCOC1CCC(OCCC(C)C)CC1. The summed E-state index contributed by atoms with van der Waals surface area (Å²) in [5, 5.41) is 0. The van der Waals surface area contributed by atoms with Crippen LogP contribution in [-0.4, -0.2) is 57.6 Å². The maximum Gasteiger partial charge on any atom is 0.132 e. The first-order valence-electron chi connectivity index (χ1n) is 9.46. The van der Waals surface area contributed by atoms with E-state index in [-0.39, 0.29) is 5.78 Å². The minimum absolute atomic E-state index is 0.157. The van der Waals surface area contributed by atoms with Crippen LogP contribution in [0.15, 0.2) is 0 Å². The Labute approximate surface area is 147 Å². The van der Waals surface area contributed by atoms with Crippen molar-refractivity contribution in [1.82, 2.24) is 0 Å². The molecule has 5 heteroatoms. The molecule has 0 radical (unpaired) electrons. The van der Waals surface area contributed by atoms with Crippen LogP contribution in [-0.2, 0) is 23.7 Å². The fourth-order valence-electron chi connectivity index (χ4n) is 2.65. The number of hydrogen-bond donors (Lipinski definition) is 0. The number of carbonyl (C=O) groups excluding carboxylic acids is 1. The van der Waals surface area contributed by atoms with Crippen molar-refractivity contribution in [3.63, 3.8) is 0 Å². The molecule has 0 spiro atoms. The zero-order valence-corrected chi connectivity index (χ0v) is 15.8. The van der Waals surface area contributed by atoms with Crippen molar-refractivity contribution in [3.05, 3.63) is 0 Å². The van der Waals surface area contributed by atoms with E-state index in [4.69, 9.17) is 18.9 Å². The first kappa shape index (κ1) is 21.6. The van der Waals surface area contributed by atoms with E-state index < -0.39 is 0 Å². The number of ketones is 1. The molecule has 0 unspecified atom stereocenters. The Morgan fingerprint density at radius 3 is 1.88 bits per heavy atom. The minimum atomic E-state index is 0.157. The fourth-order valence-corrected chi connectivity index (χ4v) is 2.65. The number of Topliss-reactive ketones (excluding diaryl/α,β-unsaturated/α-hetero) is 1. The second-order valence-corrected chi connectivity index (χ2v) is 7.00. The molecule has 1 fully saturated rings. The van der Waals surface area contributed by atoms with Gasteiger partial charge in [-0.3, -0.25) is 4.79 Å². The summed E-state index contributed by atoms with van der Waals surface area (Å²) in [6.45, 7) is 9.72. The predicted octanol–water partition coefficient (Wildman–Crippen LogP) is 3.39. The summed E-state index contributed by atoms with van der Waals surface area (Å²) in [7, 11) is 0. The Morgan fingerprint density at radius 1 is 0.833 bits per heavy atom. The fraction of sp³-hybridized carbons (Fsp3) is 0.947. The average molecular weight is 344 g/mol. The number of hydrogen-bond acceptors (Lipinski definition) is 5. The molecule has 0 aliphatic heterocycles. The lowest BCUT2D eigenvalue weighted by atomic mass is 9.95. The normalized spacial score (nSPS) is 21.3. The molecule has 0 atom stereocenters. The third kappa shape index (κ3) is 12.0. The molecule has 0 aromatic carbocycles. The van der Waals surface area contributed by atoms with E-state index in [0.29, 0.717) is 57.6 Å². The van der Waals surface area contributed by atoms with E-state index in [1.54, 1.807) is 6.92 Å². The molecule has 1 aliphatic carbocycles. The van der Waals surface area contributed by atoms with Gasteiger partial charge in [0.15, 0.2) is 0 Å². The molecule has 1 aliphatic rings. The van der Waals surface area contributed by atoms with Gasteiger partial charge in [-0.15, -0.1) is 0 Å². The van der Waals surface area contributed by atoms with Gasteiger partial charge in [0.2, 0.25) is 0 Å². The van der Waals surface area contributed by atoms with Crippen molar-refractivity contribution in [2.75, 3.05) is 39.6 Å². The molecule has 0 aromatic heterocycles. The third-order valence-corrected chi connectivity index (χ3v) is 4.22. The summed E-state index contributed by atoms with van der Waals surface area (Å²) in [6.07, 6.45) is 6.78. The second kappa shape index (κ2) is 13.8. The summed E-state index contributed by atoms with van der Waals surface area (Å²) in [4.78, 5) is 10.7. The third-order valence-electron chi connectivity index (χ3n) is 4.22. The highest BCUT2D eigenvalue weighted by atomic mass is 16.5. The van der Waals surface area contributed by atoms with Crippen molar-refractivity contribution in [3.8, 4) is 0 Å². The van der Waals surface area contributed by atoms with E-state index in [9.17, 15) is 4.79 Å². The van der Waals surface area contributed by atoms with Crippen LogP contribution >= 0.6 is 0 Å². The van der Waals surface area contributed by atoms with Crippen molar-refractivity contribution < 1.29 is 23.7 Å². The van der Waals surface area contributed by atoms with Crippen molar-refractivity contribution in [2.24, 2.45) is 5.92 Å². The van der Waals surface area contributed by atoms with Gasteiger partial charge in [-0.25, -0.2) is 0 Å². The van der Waals surface area contributed by atoms with Crippen LogP contribution in [0, 0.1) is 5.92 Å². The number of rotatable bonds is 14. The summed E-state index contributed by atoms with van der Waals surface area (Å²) in [6, 6.07) is 0. The molecular formula is C19H36O5. The molecule has 0 bridgehead atoms. The molecular weight excluding hydrogens is 308 g/mol.